The van der Waals surface area contributed by atoms with Gasteiger partial charge in [-0.15, -0.1) is 0 Å². The monoisotopic (exact) mass is 831 g/mol. The van der Waals surface area contributed by atoms with Crippen LogP contribution in [0, 0.1) is 23.8 Å². The fourth-order valence-electron chi connectivity index (χ4n) is 9.16. The molecule has 59 heavy (non-hydrogen) atoms. The number of carbonyl (C=O) groups is 2. The van der Waals surface area contributed by atoms with Crippen LogP contribution in [-0.2, 0) is 31.1 Å². The van der Waals surface area contributed by atoms with E-state index in [1.165, 1.54) is 0 Å². The van der Waals surface area contributed by atoms with Gasteiger partial charge in [-0.25, -0.2) is 0 Å². The number of allylic oxidation sites excluding steroid dienone is 2. The van der Waals surface area contributed by atoms with E-state index < -0.39 is 0 Å². The van der Waals surface area contributed by atoms with E-state index in [1.54, 1.807) is 12.4 Å². The Hall–Kier alpha value is -6.70. The van der Waals surface area contributed by atoms with E-state index >= 15 is 0 Å². The van der Waals surface area contributed by atoms with E-state index in [4.69, 9.17) is 0 Å². The van der Waals surface area contributed by atoms with Crippen molar-refractivity contribution < 1.29 is 51.9 Å². The van der Waals surface area contributed by atoms with Crippen LogP contribution in [0.2, 0.25) is 0 Å². The summed E-state index contributed by atoms with van der Waals surface area (Å²) in [5.41, 5.74) is 10.7. The Bertz CT molecular complexity index is 2160. The van der Waals surface area contributed by atoms with Crippen LogP contribution in [-0.4, -0.2) is 60.6 Å². The standard InChI is InChI=1S/2C16H12N2O2.C9H9O3.C5H5N.Co/c2*19-17-15-13-9-5-1-2-6-10(9)14(16(15)18-20)12-8-4-3-7-11(12)13;1-5-3-2-4-6-7(5)9(11)12-8(6)10;1-2-4-6-5-3-1;/h2*1-8,13-14,19-20H;3,5-7H,4H2,1H3;1-5H;/q;;-1;;/b2*17-15+,18-16+;;;/t;;5-,6-,7+;;/m..0../s1. The molecule has 4 N–H and O–H groups in total. The van der Waals surface area contributed by atoms with E-state index in [0.29, 0.717) is 29.3 Å². The molecule has 0 amide bonds. The number of rotatable bonds is 0. The Balaban J connectivity index is 0.000000128. The molecule has 13 heteroatoms. The third-order valence-electron chi connectivity index (χ3n) is 11.6. The fraction of sp³-hybridized carbons (Fsp3) is 0.196. The Labute approximate surface area is 350 Å². The van der Waals surface area contributed by atoms with Crippen molar-refractivity contribution in [3.63, 3.8) is 0 Å². The zero-order chi connectivity index (χ0) is 40.3. The first-order valence-electron chi connectivity index (χ1n) is 18.8. The molecule has 3 atom stereocenters. The molecule has 0 spiro atoms. The van der Waals surface area contributed by atoms with Crippen molar-refractivity contribution in [1.82, 2.24) is 4.98 Å². The number of aromatic nitrogens is 1. The predicted octanol–water partition coefficient (Wildman–Crippen LogP) is 7.66. The van der Waals surface area contributed by atoms with Gasteiger partial charge >= 0.3 is 11.9 Å². The molecule has 299 valence electrons. The van der Waals surface area contributed by atoms with Crippen molar-refractivity contribution in [2.45, 2.75) is 37.0 Å². The van der Waals surface area contributed by atoms with Crippen LogP contribution < -0.4 is 0 Å². The predicted molar refractivity (Wildman–Crippen MR) is 214 cm³/mol. The van der Waals surface area contributed by atoms with E-state index in [-0.39, 0.29) is 70.1 Å². The van der Waals surface area contributed by atoms with Crippen molar-refractivity contribution in [2.24, 2.45) is 38.4 Å². The smallest absolute Gasteiger partial charge is 0.317 e. The fourth-order valence-corrected chi connectivity index (χ4v) is 9.16. The second-order valence-electron chi connectivity index (χ2n) is 14.5. The third kappa shape index (κ3) is 7.02. The first-order chi connectivity index (χ1) is 28.4. The van der Waals surface area contributed by atoms with Crippen LogP contribution in [0.15, 0.2) is 154 Å². The van der Waals surface area contributed by atoms with Crippen molar-refractivity contribution in [3.8, 4) is 0 Å². The summed E-state index contributed by atoms with van der Waals surface area (Å²) in [4.78, 5) is 26.0. The van der Waals surface area contributed by atoms with Gasteiger partial charge in [-0.05, 0) is 62.6 Å². The molecule has 0 unspecified atom stereocenters. The molecule has 8 aliphatic rings. The first-order valence-corrected chi connectivity index (χ1v) is 18.8. The van der Waals surface area contributed by atoms with E-state index in [1.807, 2.05) is 128 Å². The summed E-state index contributed by atoms with van der Waals surface area (Å²) >= 11 is 0. The Morgan fingerprint density at radius 1 is 0.525 bits per heavy atom. The molecule has 1 radical (unpaired) electrons. The number of fused-ring (bicyclic) bond motifs is 3. The SMILES string of the molecule is C[C@H]1C=[C-]C[C@@H]2C(=O)OC(=O)[C@@H]21.O/N=C1/C(=N/O)C2c3ccccc3C1c1ccccc12.O/N=C1/C(=N/O)C2c3ccccc3C1c1ccccc12.[Co].c1ccncc1. The number of esters is 2. The van der Waals surface area contributed by atoms with Crippen LogP contribution >= 0.6 is 0 Å². The van der Waals surface area contributed by atoms with Crippen LogP contribution in [0.25, 0.3) is 0 Å². The molecule has 1 saturated heterocycles. The van der Waals surface area contributed by atoms with Crippen LogP contribution in [0.1, 0.15) is 81.5 Å². The number of nitrogens with zero attached hydrogens (tertiary/aromatic N) is 5. The van der Waals surface area contributed by atoms with Crippen molar-refractivity contribution >= 4 is 34.8 Å². The number of cyclic esters (lactones) is 2. The maximum atomic E-state index is 11.1. The number of hydrogen-bond acceptors (Lipinski definition) is 12. The molecule has 1 aliphatic heterocycles. The average molecular weight is 832 g/mol. The summed E-state index contributed by atoms with van der Waals surface area (Å²) in [5.74, 6) is -1.83. The molecule has 4 bridgehead atoms. The second kappa shape index (κ2) is 17.4. The van der Waals surface area contributed by atoms with Crippen molar-refractivity contribution in [1.29, 1.82) is 0 Å². The van der Waals surface area contributed by atoms with Crippen molar-refractivity contribution in [2.75, 3.05) is 0 Å². The molecule has 4 aromatic carbocycles. The van der Waals surface area contributed by atoms with Gasteiger partial charge in [-0.1, -0.05) is 131 Å². The minimum atomic E-state index is -0.377. The van der Waals surface area contributed by atoms with Gasteiger partial charge in [-0.2, -0.15) is 6.42 Å². The maximum absolute atomic E-state index is 11.1. The Morgan fingerprint density at radius 3 is 1.08 bits per heavy atom. The molecule has 0 saturated carbocycles. The number of oxime groups is 4. The number of hydrogen-bond donors (Lipinski definition) is 4. The topological polar surface area (TPSA) is 187 Å². The molecule has 7 aliphatic carbocycles. The van der Waals surface area contributed by atoms with E-state index in [2.05, 4.69) is 36.4 Å². The van der Waals surface area contributed by atoms with Gasteiger partial charge in [0.15, 0.2) is 0 Å². The molecule has 2 heterocycles. The summed E-state index contributed by atoms with van der Waals surface area (Å²) < 4.78 is 4.54. The van der Waals surface area contributed by atoms with E-state index in [9.17, 15) is 30.4 Å². The molecular formula is C46H38CoN5O7-. The largest absolute Gasteiger partial charge is 0.499 e. The van der Waals surface area contributed by atoms with Gasteiger partial charge in [0.2, 0.25) is 0 Å². The van der Waals surface area contributed by atoms with Gasteiger partial charge in [0.05, 0.1) is 29.6 Å². The average Bonchev–Trinajstić information content (AvgIpc) is 3.59. The van der Waals surface area contributed by atoms with Crippen LogP contribution in [0.3, 0.4) is 0 Å². The summed E-state index contributed by atoms with van der Waals surface area (Å²) in [6.45, 7) is 1.91. The summed E-state index contributed by atoms with van der Waals surface area (Å²) in [7, 11) is 0. The second-order valence-corrected chi connectivity index (χ2v) is 14.5. The van der Waals surface area contributed by atoms with Crippen molar-refractivity contribution in [3.05, 3.63) is 184 Å². The van der Waals surface area contributed by atoms with Gasteiger partial charge in [0, 0.05) is 35.1 Å². The van der Waals surface area contributed by atoms with Gasteiger partial charge in [-0.3, -0.25) is 20.6 Å². The molecule has 1 fully saturated rings. The van der Waals surface area contributed by atoms with Crippen LogP contribution in [0.5, 0.6) is 0 Å². The zero-order valence-electron chi connectivity index (χ0n) is 31.5. The van der Waals surface area contributed by atoms with Gasteiger partial charge in [0.25, 0.3) is 0 Å². The Kier molecular flexibility index (Phi) is 12.0. The minimum absolute atomic E-state index is 0. The number of pyridine rings is 1. The number of ether oxygens (including phenoxy) is 1. The quantitative estimate of drug-likeness (QED) is 0.0403. The van der Waals surface area contributed by atoms with E-state index in [0.717, 1.165) is 44.5 Å². The van der Waals surface area contributed by atoms with Gasteiger partial charge < -0.3 is 31.6 Å². The number of carbonyl (C=O) groups excluding carboxylic acids is 2. The summed E-state index contributed by atoms with van der Waals surface area (Å²) in [6.07, 6.45) is 8.85. The summed E-state index contributed by atoms with van der Waals surface area (Å²) in [5, 5.41) is 51.1. The van der Waals surface area contributed by atoms with Gasteiger partial charge in [0.1, 0.15) is 22.8 Å². The molecule has 13 rings (SSSR count). The third-order valence-corrected chi connectivity index (χ3v) is 11.6. The molecule has 12 nitrogen and oxygen atoms in total. The van der Waals surface area contributed by atoms with Crippen LogP contribution in [0.4, 0.5) is 0 Å². The first kappa shape index (κ1) is 40.5. The zero-order valence-corrected chi connectivity index (χ0v) is 32.6. The number of benzene rings is 4. The summed E-state index contributed by atoms with van der Waals surface area (Å²) in [6, 6.07) is 37.9. The molecular weight excluding hydrogens is 793 g/mol. The molecule has 5 aromatic rings. The minimum Gasteiger partial charge on any atom is -0.499 e. The maximum Gasteiger partial charge on any atom is 0.317 e. The Morgan fingerprint density at radius 2 is 0.847 bits per heavy atom. The normalized spacial score (nSPS) is 26.9. The molecule has 1 aromatic heterocycles.